The zero-order valence-electron chi connectivity index (χ0n) is 11.7. The molecule has 1 N–H and O–H groups in total. The average Bonchev–Trinajstić information content (AvgIpc) is 2.19. The van der Waals surface area contributed by atoms with Crippen LogP contribution in [0.25, 0.3) is 0 Å². The third-order valence-electron chi connectivity index (χ3n) is 3.48. The Morgan fingerprint density at radius 1 is 1.19 bits per heavy atom. The minimum Gasteiger partial charge on any atom is -0.313 e. The van der Waals surface area contributed by atoms with E-state index in [1.165, 1.54) is 26.2 Å². The molecule has 1 aliphatic heterocycles. The molecule has 1 saturated heterocycles. The Kier molecular flexibility index (Phi) is 5.73. The average molecular weight is 227 g/mol. The molecule has 0 bridgehead atoms. The van der Waals surface area contributed by atoms with Crippen LogP contribution in [0.3, 0.4) is 0 Å². The van der Waals surface area contributed by atoms with Crippen LogP contribution < -0.4 is 5.32 Å². The molecule has 1 heterocycles. The highest BCUT2D eigenvalue weighted by molar-refractivity contribution is 4.81. The molecule has 3 nitrogen and oxygen atoms in total. The molecular weight excluding hydrogens is 198 g/mol. The van der Waals surface area contributed by atoms with E-state index in [0.29, 0.717) is 18.1 Å². The van der Waals surface area contributed by atoms with Crippen LogP contribution in [0.15, 0.2) is 0 Å². The van der Waals surface area contributed by atoms with Gasteiger partial charge in [-0.25, -0.2) is 0 Å². The number of piperazine rings is 1. The van der Waals surface area contributed by atoms with Crippen molar-refractivity contribution < 1.29 is 0 Å². The van der Waals surface area contributed by atoms with Gasteiger partial charge in [0.2, 0.25) is 0 Å². The summed E-state index contributed by atoms with van der Waals surface area (Å²) in [5, 5.41) is 3.49. The molecule has 1 rings (SSSR count). The molecule has 3 heteroatoms. The number of hydrogen-bond donors (Lipinski definition) is 1. The van der Waals surface area contributed by atoms with E-state index in [-0.39, 0.29) is 0 Å². The van der Waals surface area contributed by atoms with Crippen molar-refractivity contribution in [1.82, 2.24) is 15.1 Å². The Bertz CT molecular complexity index is 190. The quantitative estimate of drug-likeness (QED) is 0.766. The van der Waals surface area contributed by atoms with Crippen molar-refractivity contribution in [3.05, 3.63) is 0 Å². The fraction of sp³-hybridized carbons (Fsp3) is 1.00. The van der Waals surface area contributed by atoms with Crippen LogP contribution in [0.1, 0.15) is 34.6 Å². The highest BCUT2D eigenvalue weighted by Gasteiger charge is 2.24. The highest BCUT2D eigenvalue weighted by Crippen LogP contribution is 2.11. The van der Waals surface area contributed by atoms with Gasteiger partial charge in [-0.1, -0.05) is 13.8 Å². The van der Waals surface area contributed by atoms with E-state index in [1.807, 2.05) is 0 Å². The summed E-state index contributed by atoms with van der Waals surface area (Å²) >= 11 is 0. The van der Waals surface area contributed by atoms with Gasteiger partial charge in [-0.3, -0.25) is 9.80 Å². The van der Waals surface area contributed by atoms with Crippen LogP contribution in [0, 0.1) is 0 Å². The lowest BCUT2D eigenvalue weighted by Crippen LogP contribution is -2.55. The van der Waals surface area contributed by atoms with Crippen LogP contribution in [0.5, 0.6) is 0 Å². The second-order valence-electron chi connectivity index (χ2n) is 5.58. The first-order chi connectivity index (χ1) is 7.50. The molecule has 0 radical (unpaired) electrons. The van der Waals surface area contributed by atoms with Gasteiger partial charge in [0.25, 0.3) is 0 Å². The number of nitrogens with zero attached hydrogens (tertiary/aromatic N) is 2. The third-order valence-corrected chi connectivity index (χ3v) is 3.48. The van der Waals surface area contributed by atoms with Crippen molar-refractivity contribution in [3.63, 3.8) is 0 Å². The van der Waals surface area contributed by atoms with Crippen LogP contribution in [0.4, 0.5) is 0 Å². The van der Waals surface area contributed by atoms with Crippen LogP contribution >= 0.6 is 0 Å². The normalized spacial score (nSPS) is 24.6. The summed E-state index contributed by atoms with van der Waals surface area (Å²) in [4.78, 5) is 5.19. The fourth-order valence-electron chi connectivity index (χ4n) is 2.32. The molecular formula is C13H29N3. The maximum absolute atomic E-state index is 3.49. The molecule has 0 aromatic carbocycles. The largest absolute Gasteiger partial charge is 0.313 e. The SMILES string of the molecule is CC(C)NCCN1CCN(C(C)C)C[C@H]1C. The minimum atomic E-state index is 0.604. The summed E-state index contributed by atoms with van der Waals surface area (Å²) < 4.78 is 0. The van der Waals surface area contributed by atoms with Crippen molar-refractivity contribution in [2.24, 2.45) is 0 Å². The molecule has 0 aliphatic carbocycles. The van der Waals surface area contributed by atoms with E-state index < -0.39 is 0 Å². The molecule has 0 aromatic heterocycles. The van der Waals surface area contributed by atoms with Gasteiger partial charge >= 0.3 is 0 Å². The Labute approximate surface area is 101 Å². The molecule has 96 valence electrons. The van der Waals surface area contributed by atoms with E-state index in [4.69, 9.17) is 0 Å². The van der Waals surface area contributed by atoms with Crippen molar-refractivity contribution in [1.29, 1.82) is 0 Å². The van der Waals surface area contributed by atoms with Gasteiger partial charge in [-0.15, -0.1) is 0 Å². The summed E-state index contributed by atoms with van der Waals surface area (Å²) in [5.41, 5.74) is 0. The van der Waals surface area contributed by atoms with E-state index in [0.717, 1.165) is 6.54 Å². The van der Waals surface area contributed by atoms with Crippen molar-refractivity contribution in [2.75, 3.05) is 32.7 Å². The molecule has 1 fully saturated rings. The lowest BCUT2D eigenvalue weighted by atomic mass is 10.1. The van der Waals surface area contributed by atoms with Gasteiger partial charge < -0.3 is 5.32 Å². The van der Waals surface area contributed by atoms with Gasteiger partial charge in [-0.2, -0.15) is 0 Å². The summed E-state index contributed by atoms with van der Waals surface area (Å²) in [5.74, 6) is 0. The van der Waals surface area contributed by atoms with Crippen molar-refractivity contribution in [3.8, 4) is 0 Å². The highest BCUT2D eigenvalue weighted by atomic mass is 15.3. The van der Waals surface area contributed by atoms with Gasteiger partial charge in [0, 0.05) is 50.8 Å². The smallest absolute Gasteiger partial charge is 0.0196 e. The molecule has 1 aliphatic rings. The number of hydrogen-bond acceptors (Lipinski definition) is 3. The van der Waals surface area contributed by atoms with E-state index in [9.17, 15) is 0 Å². The maximum Gasteiger partial charge on any atom is 0.0196 e. The Morgan fingerprint density at radius 3 is 2.38 bits per heavy atom. The molecule has 0 amide bonds. The molecule has 1 atom stereocenters. The maximum atomic E-state index is 3.49. The molecule has 0 spiro atoms. The van der Waals surface area contributed by atoms with E-state index in [2.05, 4.69) is 49.7 Å². The van der Waals surface area contributed by atoms with Crippen LogP contribution in [-0.4, -0.2) is 60.6 Å². The second kappa shape index (κ2) is 6.58. The first-order valence-electron chi connectivity index (χ1n) is 6.72. The predicted octanol–water partition coefficient (Wildman–Crippen LogP) is 1.40. The number of rotatable bonds is 5. The zero-order chi connectivity index (χ0) is 12.1. The van der Waals surface area contributed by atoms with Gasteiger partial charge in [0.05, 0.1) is 0 Å². The topological polar surface area (TPSA) is 18.5 Å². The van der Waals surface area contributed by atoms with Crippen molar-refractivity contribution >= 4 is 0 Å². The lowest BCUT2D eigenvalue weighted by Gasteiger charge is -2.41. The van der Waals surface area contributed by atoms with E-state index >= 15 is 0 Å². The number of nitrogens with one attached hydrogen (secondary N) is 1. The predicted molar refractivity (Wildman–Crippen MR) is 70.9 cm³/mol. The van der Waals surface area contributed by atoms with Gasteiger partial charge in [0.1, 0.15) is 0 Å². The monoisotopic (exact) mass is 227 g/mol. The van der Waals surface area contributed by atoms with Gasteiger partial charge in [-0.05, 0) is 20.8 Å². The lowest BCUT2D eigenvalue weighted by molar-refractivity contribution is 0.0652. The molecule has 16 heavy (non-hydrogen) atoms. The Morgan fingerprint density at radius 2 is 1.88 bits per heavy atom. The molecule has 0 aromatic rings. The molecule has 0 saturated carbocycles. The third kappa shape index (κ3) is 4.40. The van der Waals surface area contributed by atoms with E-state index in [1.54, 1.807) is 0 Å². The summed E-state index contributed by atoms with van der Waals surface area (Å²) in [6.45, 7) is 17.3. The molecule has 0 unspecified atom stereocenters. The Hall–Kier alpha value is -0.120. The zero-order valence-corrected chi connectivity index (χ0v) is 11.7. The van der Waals surface area contributed by atoms with Crippen LogP contribution in [-0.2, 0) is 0 Å². The van der Waals surface area contributed by atoms with Crippen molar-refractivity contribution in [2.45, 2.75) is 52.7 Å². The Balaban J connectivity index is 2.25. The minimum absolute atomic E-state index is 0.604. The first-order valence-corrected chi connectivity index (χ1v) is 6.72. The summed E-state index contributed by atoms with van der Waals surface area (Å²) in [7, 11) is 0. The summed E-state index contributed by atoms with van der Waals surface area (Å²) in [6, 6.07) is 2.00. The standard InChI is InChI=1S/C13H29N3/c1-11(2)14-6-7-15-8-9-16(12(3)4)10-13(15)5/h11-14H,6-10H2,1-5H3/t13-/m1/s1. The van der Waals surface area contributed by atoms with Gasteiger partial charge in [0.15, 0.2) is 0 Å². The second-order valence-corrected chi connectivity index (χ2v) is 5.58. The van der Waals surface area contributed by atoms with Crippen LogP contribution in [0.2, 0.25) is 0 Å². The summed E-state index contributed by atoms with van der Waals surface area (Å²) in [6.07, 6.45) is 0. The first kappa shape index (κ1) is 13.9. The fourth-order valence-corrected chi connectivity index (χ4v) is 2.32.